The van der Waals surface area contributed by atoms with Crippen molar-refractivity contribution in [1.29, 1.82) is 0 Å². The highest BCUT2D eigenvalue weighted by Crippen LogP contribution is 2.27. The molecule has 0 heterocycles. The Kier molecular flexibility index (Phi) is 5.45. The number of carbonyl (C=O) groups excluding carboxylic acids is 2. The normalized spacial score (nSPS) is 17.5. The third-order valence-electron chi connectivity index (χ3n) is 4.73. The molecule has 0 bridgehead atoms. The molecule has 0 aliphatic heterocycles. The first-order valence-electron chi connectivity index (χ1n) is 8.50. The van der Waals surface area contributed by atoms with Crippen LogP contribution in [0.15, 0.2) is 24.3 Å². The largest absolute Gasteiger partial charge is 0.368 e. The van der Waals surface area contributed by atoms with Crippen molar-refractivity contribution in [3.8, 4) is 0 Å². The summed E-state index contributed by atoms with van der Waals surface area (Å²) in [6, 6.07) is 7.00. The maximum atomic E-state index is 12.4. The van der Waals surface area contributed by atoms with E-state index in [1.165, 1.54) is 12.0 Å². The maximum absolute atomic E-state index is 12.4. The van der Waals surface area contributed by atoms with Crippen molar-refractivity contribution in [2.24, 2.45) is 11.7 Å². The third-order valence-corrected chi connectivity index (χ3v) is 4.73. The number of hydrogen-bond acceptors (Lipinski definition) is 2. The fourth-order valence-electron chi connectivity index (χ4n) is 3.23. The second-order valence-electron chi connectivity index (χ2n) is 7.58. The highest BCUT2D eigenvalue weighted by Gasteiger charge is 2.29. The van der Waals surface area contributed by atoms with Crippen molar-refractivity contribution in [3.05, 3.63) is 35.4 Å². The number of rotatable bonds is 4. The zero-order chi connectivity index (χ0) is 17.0. The van der Waals surface area contributed by atoms with Crippen molar-refractivity contribution in [3.63, 3.8) is 0 Å². The lowest BCUT2D eigenvalue weighted by atomic mass is 9.83. The summed E-state index contributed by atoms with van der Waals surface area (Å²) in [5.41, 5.74) is 7.31. The minimum Gasteiger partial charge on any atom is -0.368 e. The molecule has 126 valence electrons. The summed E-state index contributed by atoms with van der Waals surface area (Å²) < 4.78 is 0. The molecular weight excluding hydrogens is 288 g/mol. The van der Waals surface area contributed by atoms with E-state index in [0.29, 0.717) is 5.56 Å². The highest BCUT2D eigenvalue weighted by atomic mass is 16.2. The van der Waals surface area contributed by atoms with Gasteiger partial charge in [-0.05, 0) is 41.9 Å². The zero-order valence-corrected chi connectivity index (χ0v) is 14.4. The van der Waals surface area contributed by atoms with Crippen molar-refractivity contribution < 1.29 is 9.59 Å². The van der Waals surface area contributed by atoms with Gasteiger partial charge in [-0.25, -0.2) is 0 Å². The van der Waals surface area contributed by atoms with Crippen LogP contribution in [-0.2, 0) is 10.2 Å². The molecule has 2 rings (SSSR count). The molecule has 0 unspecified atom stereocenters. The Morgan fingerprint density at radius 3 is 2.13 bits per heavy atom. The molecule has 1 atom stereocenters. The summed E-state index contributed by atoms with van der Waals surface area (Å²) >= 11 is 0. The fraction of sp³-hybridized carbons (Fsp3) is 0.579. The minimum absolute atomic E-state index is 0.0485. The van der Waals surface area contributed by atoms with E-state index in [-0.39, 0.29) is 17.2 Å². The summed E-state index contributed by atoms with van der Waals surface area (Å²) in [6.45, 7) is 6.40. The van der Waals surface area contributed by atoms with Crippen LogP contribution >= 0.6 is 0 Å². The molecule has 1 saturated carbocycles. The second kappa shape index (κ2) is 7.16. The quantitative estimate of drug-likeness (QED) is 0.895. The fourth-order valence-corrected chi connectivity index (χ4v) is 3.23. The number of nitrogens with one attached hydrogen (secondary N) is 1. The van der Waals surface area contributed by atoms with Crippen LogP contribution in [0.3, 0.4) is 0 Å². The molecule has 3 N–H and O–H groups in total. The second-order valence-corrected chi connectivity index (χ2v) is 7.58. The van der Waals surface area contributed by atoms with Gasteiger partial charge in [-0.1, -0.05) is 52.2 Å². The van der Waals surface area contributed by atoms with E-state index in [2.05, 4.69) is 26.1 Å². The van der Waals surface area contributed by atoms with Crippen LogP contribution in [0, 0.1) is 5.92 Å². The van der Waals surface area contributed by atoms with E-state index in [9.17, 15) is 9.59 Å². The molecule has 0 aromatic heterocycles. The van der Waals surface area contributed by atoms with E-state index >= 15 is 0 Å². The molecule has 1 aliphatic rings. The first kappa shape index (κ1) is 17.5. The first-order chi connectivity index (χ1) is 10.8. The number of primary amides is 1. The molecular formula is C19H28N2O2. The van der Waals surface area contributed by atoms with Crippen LogP contribution in [-0.4, -0.2) is 17.9 Å². The number of hydrogen-bond donors (Lipinski definition) is 2. The lowest BCUT2D eigenvalue weighted by molar-refractivity contribution is -0.121. The Labute approximate surface area is 138 Å². The Bertz CT molecular complexity index is 552. The van der Waals surface area contributed by atoms with Gasteiger partial charge in [0.25, 0.3) is 5.91 Å². The van der Waals surface area contributed by atoms with Gasteiger partial charge in [-0.3, -0.25) is 9.59 Å². The van der Waals surface area contributed by atoms with Crippen LogP contribution in [0.1, 0.15) is 68.8 Å². The smallest absolute Gasteiger partial charge is 0.251 e. The average Bonchev–Trinajstić information content (AvgIpc) is 2.52. The van der Waals surface area contributed by atoms with Gasteiger partial charge in [0.15, 0.2) is 0 Å². The summed E-state index contributed by atoms with van der Waals surface area (Å²) in [7, 11) is 0. The van der Waals surface area contributed by atoms with Gasteiger partial charge in [0.1, 0.15) is 6.04 Å². The topological polar surface area (TPSA) is 72.2 Å². The van der Waals surface area contributed by atoms with Crippen LogP contribution < -0.4 is 11.1 Å². The number of benzene rings is 1. The molecule has 23 heavy (non-hydrogen) atoms. The predicted octanol–water partition coefficient (Wildman–Crippen LogP) is 3.15. The Balaban J connectivity index is 2.07. The Hall–Kier alpha value is -1.84. The van der Waals surface area contributed by atoms with Gasteiger partial charge in [-0.2, -0.15) is 0 Å². The molecule has 0 radical (unpaired) electrons. The molecule has 1 aliphatic carbocycles. The van der Waals surface area contributed by atoms with Crippen LogP contribution in [0.25, 0.3) is 0 Å². The van der Waals surface area contributed by atoms with Gasteiger partial charge in [0.2, 0.25) is 5.91 Å². The molecule has 0 saturated heterocycles. The molecule has 1 aromatic carbocycles. The molecule has 4 heteroatoms. The average molecular weight is 316 g/mol. The van der Waals surface area contributed by atoms with E-state index in [1.54, 1.807) is 0 Å². The van der Waals surface area contributed by atoms with E-state index in [0.717, 1.165) is 25.7 Å². The summed E-state index contributed by atoms with van der Waals surface area (Å²) in [5.74, 6) is -0.490. The summed E-state index contributed by atoms with van der Waals surface area (Å²) in [5, 5.41) is 2.85. The van der Waals surface area contributed by atoms with Gasteiger partial charge in [-0.15, -0.1) is 0 Å². The summed E-state index contributed by atoms with van der Waals surface area (Å²) in [6.07, 6.45) is 5.31. The zero-order valence-electron chi connectivity index (χ0n) is 14.4. The van der Waals surface area contributed by atoms with Crippen molar-refractivity contribution in [1.82, 2.24) is 5.32 Å². The lowest BCUT2D eigenvalue weighted by Gasteiger charge is -2.28. The van der Waals surface area contributed by atoms with Crippen LogP contribution in [0.4, 0.5) is 0 Å². The molecule has 1 fully saturated rings. The Morgan fingerprint density at radius 1 is 1.09 bits per heavy atom. The molecule has 2 amide bonds. The maximum Gasteiger partial charge on any atom is 0.251 e. The van der Waals surface area contributed by atoms with E-state index in [4.69, 9.17) is 5.73 Å². The number of amides is 2. The predicted molar refractivity (Wildman–Crippen MR) is 92.2 cm³/mol. The minimum atomic E-state index is -0.565. The standard InChI is InChI=1S/C19H28N2O2/c1-19(2,3)15-11-9-14(10-12-15)18(23)21-16(17(20)22)13-7-5-4-6-8-13/h9-13,16H,4-8H2,1-3H3,(H2,20,22)(H,21,23)/t16-/m0/s1. The lowest BCUT2D eigenvalue weighted by Crippen LogP contribution is -2.49. The molecule has 0 spiro atoms. The van der Waals surface area contributed by atoms with Gasteiger partial charge in [0.05, 0.1) is 0 Å². The van der Waals surface area contributed by atoms with Crippen molar-refractivity contribution >= 4 is 11.8 Å². The van der Waals surface area contributed by atoms with Crippen molar-refractivity contribution in [2.75, 3.05) is 0 Å². The van der Waals surface area contributed by atoms with Crippen molar-refractivity contribution in [2.45, 2.75) is 64.3 Å². The number of nitrogens with two attached hydrogens (primary N) is 1. The third kappa shape index (κ3) is 4.57. The first-order valence-corrected chi connectivity index (χ1v) is 8.50. The summed E-state index contributed by atoms with van der Waals surface area (Å²) in [4.78, 5) is 24.2. The SMILES string of the molecule is CC(C)(C)c1ccc(C(=O)N[C@H](C(N)=O)C2CCCCC2)cc1. The van der Waals surface area contributed by atoms with Gasteiger partial charge < -0.3 is 11.1 Å². The van der Waals surface area contributed by atoms with Gasteiger partial charge in [0, 0.05) is 5.56 Å². The highest BCUT2D eigenvalue weighted by molar-refractivity contribution is 5.97. The number of carbonyl (C=O) groups is 2. The van der Waals surface area contributed by atoms with Crippen LogP contribution in [0.5, 0.6) is 0 Å². The van der Waals surface area contributed by atoms with E-state index < -0.39 is 11.9 Å². The molecule has 1 aromatic rings. The Morgan fingerprint density at radius 2 is 1.65 bits per heavy atom. The van der Waals surface area contributed by atoms with E-state index in [1.807, 2.05) is 24.3 Å². The van der Waals surface area contributed by atoms with Crippen LogP contribution in [0.2, 0.25) is 0 Å². The molecule has 4 nitrogen and oxygen atoms in total. The monoisotopic (exact) mass is 316 g/mol. The van der Waals surface area contributed by atoms with Gasteiger partial charge >= 0.3 is 0 Å².